The van der Waals surface area contributed by atoms with Crippen LogP contribution in [-0.4, -0.2) is 34.1 Å². The zero-order valence-corrected chi connectivity index (χ0v) is 13.6. The molecule has 0 aromatic carbocycles. The van der Waals surface area contributed by atoms with Crippen LogP contribution in [0.25, 0.3) is 0 Å². The number of anilines is 2. The van der Waals surface area contributed by atoms with E-state index in [1.54, 1.807) is 12.1 Å². The first-order valence-corrected chi connectivity index (χ1v) is 8.36. The number of nitrogens with one attached hydrogen (secondary N) is 1. The van der Waals surface area contributed by atoms with E-state index in [0.717, 1.165) is 24.5 Å². The summed E-state index contributed by atoms with van der Waals surface area (Å²) < 4.78 is 0. The van der Waals surface area contributed by atoms with Crippen molar-refractivity contribution in [1.29, 1.82) is 0 Å². The topological polar surface area (TPSA) is 78.4 Å². The minimum Gasteiger partial charge on any atom is -0.477 e. The highest BCUT2D eigenvalue weighted by Crippen LogP contribution is 2.17. The maximum Gasteiger partial charge on any atom is 0.354 e. The molecule has 1 fully saturated rings. The molecule has 126 valence electrons. The number of rotatable bonds is 5. The van der Waals surface area contributed by atoms with Crippen molar-refractivity contribution in [2.75, 3.05) is 23.3 Å². The van der Waals surface area contributed by atoms with Crippen molar-refractivity contribution in [2.24, 2.45) is 0 Å². The van der Waals surface area contributed by atoms with E-state index in [0.29, 0.717) is 12.4 Å². The summed E-state index contributed by atoms with van der Waals surface area (Å²) in [5, 5.41) is 12.1. The maximum atomic E-state index is 10.9. The molecule has 1 aliphatic heterocycles. The quantitative estimate of drug-likeness (QED) is 0.879. The second kappa shape index (κ2) is 7.77. The number of pyridine rings is 2. The molecule has 2 aromatic heterocycles. The average Bonchev–Trinajstić information content (AvgIpc) is 2.90. The molecule has 0 bridgehead atoms. The molecular weight excluding hydrogens is 304 g/mol. The number of carboxylic acid groups (broad SMARTS) is 1. The largest absolute Gasteiger partial charge is 0.477 e. The third kappa shape index (κ3) is 4.22. The summed E-state index contributed by atoms with van der Waals surface area (Å²) in [5.74, 6) is 0.556. The minimum atomic E-state index is -1.03. The van der Waals surface area contributed by atoms with Crippen molar-refractivity contribution in [1.82, 2.24) is 9.97 Å². The van der Waals surface area contributed by atoms with Gasteiger partial charge >= 0.3 is 5.97 Å². The lowest BCUT2D eigenvalue weighted by atomic mass is 10.2. The Balaban J connectivity index is 1.60. The number of aromatic nitrogens is 2. The van der Waals surface area contributed by atoms with Crippen LogP contribution in [0.5, 0.6) is 0 Å². The predicted molar refractivity (Wildman–Crippen MR) is 93.4 cm³/mol. The molecule has 0 radical (unpaired) electrons. The van der Waals surface area contributed by atoms with Crippen molar-refractivity contribution < 1.29 is 9.90 Å². The molecule has 0 amide bonds. The van der Waals surface area contributed by atoms with Crippen LogP contribution in [0.15, 0.2) is 36.5 Å². The highest BCUT2D eigenvalue weighted by atomic mass is 16.4. The summed E-state index contributed by atoms with van der Waals surface area (Å²) in [4.78, 5) is 21.9. The summed E-state index contributed by atoms with van der Waals surface area (Å²) in [6.07, 6.45) is 6.95. The Morgan fingerprint density at radius 3 is 2.58 bits per heavy atom. The lowest BCUT2D eigenvalue weighted by molar-refractivity contribution is 0.0690. The summed E-state index contributed by atoms with van der Waals surface area (Å²) in [6, 6.07) is 9.03. The molecule has 1 saturated heterocycles. The van der Waals surface area contributed by atoms with E-state index in [9.17, 15) is 4.79 Å². The van der Waals surface area contributed by atoms with Crippen LogP contribution in [-0.2, 0) is 6.54 Å². The van der Waals surface area contributed by atoms with Crippen molar-refractivity contribution in [2.45, 2.75) is 32.2 Å². The third-order valence-corrected chi connectivity index (χ3v) is 4.18. The van der Waals surface area contributed by atoms with Crippen LogP contribution >= 0.6 is 0 Å². The van der Waals surface area contributed by atoms with Crippen molar-refractivity contribution in [3.63, 3.8) is 0 Å². The first kappa shape index (κ1) is 16.2. The molecule has 2 aromatic rings. The molecule has 0 spiro atoms. The van der Waals surface area contributed by atoms with Crippen LogP contribution in [0.3, 0.4) is 0 Å². The standard InChI is InChI=1S/C18H22N4O2/c23-18(24)15-6-5-7-16(21-15)19-12-14-8-9-17(20-13-14)22-10-3-1-2-4-11-22/h5-9,13H,1-4,10-12H2,(H,19,21)(H,23,24). The number of carbonyl (C=O) groups is 1. The molecule has 0 atom stereocenters. The fourth-order valence-corrected chi connectivity index (χ4v) is 2.85. The zero-order chi connectivity index (χ0) is 16.8. The predicted octanol–water partition coefficient (Wildman–Crippen LogP) is 3.17. The molecule has 0 saturated carbocycles. The Morgan fingerprint density at radius 1 is 1.12 bits per heavy atom. The molecule has 1 aliphatic rings. The summed E-state index contributed by atoms with van der Waals surface area (Å²) in [5.41, 5.74) is 1.07. The second-order valence-electron chi connectivity index (χ2n) is 5.99. The van der Waals surface area contributed by atoms with Crippen molar-refractivity contribution in [3.8, 4) is 0 Å². The smallest absolute Gasteiger partial charge is 0.354 e. The van der Waals surface area contributed by atoms with Crippen molar-refractivity contribution in [3.05, 3.63) is 47.8 Å². The molecule has 3 rings (SSSR count). The van der Waals surface area contributed by atoms with Gasteiger partial charge in [-0.3, -0.25) is 0 Å². The lowest BCUT2D eigenvalue weighted by Gasteiger charge is -2.21. The second-order valence-corrected chi connectivity index (χ2v) is 5.99. The Bertz CT molecular complexity index is 680. The highest BCUT2D eigenvalue weighted by Gasteiger charge is 2.11. The fourth-order valence-electron chi connectivity index (χ4n) is 2.85. The molecule has 2 N–H and O–H groups in total. The van der Waals surface area contributed by atoms with E-state index in [-0.39, 0.29) is 5.69 Å². The molecule has 6 heteroatoms. The maximum absolute atomic E-state index is 10.9. The SMILES string of the molecule is O=C(O)c1cccc(NCc2ccc(N3CCCCCC3)nc2)n1. The fraction of sp³-hybridized carbons (Fsp3) is 0.389. The minimum absolute atomic E-state index is 0.0367. The molecule has 3 heterocycles. The van der Waals surface area contributed by atoms with Crippen LogP contribution < -0.4 is 10.2 Å². The normalized spacial score (nSPS) is 14.9. The van der Waals surface area contributed by atoms with E-state index in [1.165, 1.54) is 31.7 Å². The van der Waals surface area contributed by atoms with E-state index in [4.69, 9.17) is 5.11 Å². The average molecular weight is 326 g/mol. The van der Waals surface area contributed by atoms with Gasteiger partial charge in [0.1, 0.15) is 11.6 Å². The Morgan fingerprint density at radius 2 is 1.92 bits per heavy atom. The van der Waals surface area contributed by atoms with Crippen LogP contribution in [0.2, 0.25) is 0 Å². The van der Waals surface area contributed by atoms with Crippen LogP contribution in [0.1, 0.15) is 41.7 Å². The monoisotopic (exact) mass is 326 g/mol. The Labute approximate surface area is 141 Å². The van der Waals surface area contributed by atoms with Gasteiger partial charge in [0.25, 0.3) is 0 Å². The zero-order valence-electron chi connectivity index (χ0n) is 13.6. The number of aromatic carboxylic acids is 1. The molecule has 24 heavy (non-hydrogen) atoms. The first-order chi connectivity index (χ1) is 11.7. The molecular formula is C18H22N4O2. The van der Waals surface area contributed by atoms with Gasteiger partial charge in [0.2, 0.25) is 0 Å². The van der Waals surface area contributed by atoms with E-state index in [2.05, 4.69) is 32.3 Å². The first-order valence-electron chi connectivity index (χ1n) is 8.36. The van der Waals surface area contributed by atoms with Gasteiger partial charge in [-0.15, -0.1) is 0 Å². The molecule has 0 unspecified atom stereocenters. The van der Waals surface area contributed by atoms with E-state index in [1.807, 2.05) is 6.20 Å². The Kier molecular flexibility index (Phi) is 5.25. The summed E-state index contributed by atoms with van der Waals surface area (Å²) in [7, 11) is 0. The third-order valence-electron chi connectivity index (χ3n) is 4.18. The van der Waals surface area contributed by atoms with E-state index < -0.39 is 5.97 Å². The van der Waals surface area contributed by atoms with Crippen molar-refractivity contribution >= 4 is 17.6 Å². The number of nitrogens with zero attached hydrogens (tertiary/aromatic N) is 3. The number of hydrogen-bond donors (Lipinski definition) is 2. The van der Waals surface area contributed by atoms with E-state index >= 15 is 0 Å². The molecule has 0 aliphatic carbocycles. The van der Waals surface area contributed by atoms with Gasteiger partial charge in [-0.2, -0.15) is 0 Å². The number of carboxylic acids is 1. The van der Waals surface area contributed by atoms with Gasteiger partial charge in [-0.05, 0) is 36.6 Å². The summed E-state index contributed by atoms with van der Waals surface area (Å²) in [6.45, 7) is 2.72. The van der Waals surface area contributed by atoms with Gasteiger partial charge in [0.15, 0.2) is 5.69 Å². The number of hydrogen-bond acceptors (Lipinski definition) is 5. The van der Waals surface area contributed by atoms with Gasteiger partial charge in [0.05, 0.1) is 0 Å². The van der Waals surface area contributed by atoms with Crippen LogP contribution in [0, 0.1) is 0 Å². The van der Waals surface area contributed by atoms with Crippen LogP contribution in [0.4, 0.5) is 11.6 Å². The van der Waals surface area contributed by atoms with Gasteiger partial charge in [-0.25, -0.2) is 14.8 Å². The summed E-state index contributed by atoms with van der Waals surface area (Å²) >= 11 is 0. The lowest BCUT2D eigenvalue weighted by Crippen LogP contribution is -2.24. The molecule has 6 nitrogen and oxygen atoms in total. The highest BCUT2D eigenvalue weighted by molar-refractivity contribution is 5.85. The Hall–Kier alpha value is -2.63. The van der Waals surface area contributed by atoms with Gasteiger partial charge in [-0.1, -0.05) is 25.0 Å². The van der Waals surface area contributed by atoms with Gasteiger partial charge in [0, 0.05) is 25.8 Å². The van der Waals surface area contributed by atoms with Gasteiger partial charge < -0.3 is 15.3 Å².